The molecule has 0 spiro atoms. The molecular weight excluding hydrogens is 356 g/mol. The highest BCUT2D eigenvalue weighted by molar-refractivity contribution is 9.10. The van der Waals surface area contributed by atoms with Gasteiger partial charge >= 0.3 is 0 Å². The van der Waals surface area contributed by atoms with Gasteiger partial charge in [0.25, 0.3) is 0 Å². The predicted molar refractivity (Wildman–Crippen MR) is 82.9 cm³/mol. The largest absolute Gasteiger partial charge is 0.380 e. The monoisotopic (exact) mass is 368 g/mol. The number of rotatable bonds is 3. The van der Waals surface area contributed by atoms with Gasteiger partial charge in [0.15, 0.2) is 0 Å². The summed E-state index contributed by atoms with van der Waals surface area (Å²) in [6.07, 6.45) is 3.66. The molecule has 0 aliphatic carbocycles. The van der Waals surface area contributed by atoms with E-state index in [1.54, 1.807) is 6.20 Å². The minimum absolute atomic E-state index is 0.759. The molecule has 0 unspecified atom stereocenters. The third-order valence-corrected chi connectivity index (χ3v) is 3.72. The lowest BCUT2D eigenvalue weighted by molar-refractivity contribution is 1.10. The topological polar surface area (TPSA) is 24.9 Å². The fourth-order valence-corrected chi connectivity index (χ4v) is 3.11. The summed E-state index contributed by atoms with van der Waals surface area (Å²) in [5, 5.41) is 3.44. The summed E-state index contributed by atoms with van der Waals surface area (Å²) in [7, 11) is 0. The van der Waals surface area contributed by atoms with Gasteiger partial charge in [0, 0.05) is 27.9 Å². The highest BCUT2D eigenvalue weighted by Gasteiger charge is 2.04. The first-order valence-electron chi connectivity index (χ1n) is 5.66. The van der Waals surface area contributed by atoms with Gasteiger partial charge in [0.05, 0.1) is 5.69 Å². The fraction of sp³-hybridized carbons (Fsp3) is 0.214. The molecule has 0 radical (unpaired) electrons. The highest BCUT2D eigenvalue weighted by atomic mass is 79.9. The number of pyridine rings is 1. The second-order valence-electron chi connectivity index (χ2n) is 4.30. The lowest BCUT2D eigenvalue weighted by Crippen LogP contribution is -2.02. The Morgan fingerprint density at radius 3 is 2.56 bits per heavy atom. The summed E-state index contributed by atoms with van der Waals surface area (Å²) in [5.41, 5.74) is 4.79. The molecule has 0 saturated carbocycles. The van der Waals surface area contributed by atoms with E-state index in [1.807, 2.05) is 6.20 Å². The summed E-state index contributed by atoms with van der Waals surface area (Å²) >= 11 is 7.03. The normalized spacial score (nSPS) is 10.4. The molecule has 0 amide bonds. The van der Waals surface area contributed by atoms with Crippen LogP contribution in [0.1, 0.15) is 16.7 Å². The zero-order valence-electron chi connectivity index (χ0n) is 10.3. The van der Waals surface area contributed by atoms with Crippen molar-refractivity contribution in [3.05, 3.63) is 56.2 Å². The van der Waals surface area contributed by atoms with Gasteiger partial charge in [-0.05, 0) is 74.5 Å². The Kier molecular flexibility index (Phi) is 4.40. The van der Waals surface area contributed by atoms with Crippen molar-refractivity contribution in [2.45, 2.75) is 20.4 Å². The van der Waals surface area contributed by atoms with Gasteiger partial charge < -0.3 is 5.32 Å². The van der Waals surface area contributed by atoms with Crippen LogP contribution < -0.4 is 5.32 Å². The molecule has 0 atom stereocenters. The molecule has 2 rings (SSSR count). The second-order valence-corrected chi connectivity index (χ2v) is 6.07. The molecule has 1 aromatic heterocycles. The lowest BCUT2D eigenvalue weighted by atomic mass is 10.1. The third-order valence-electron chi connectivity index (χ3n) is 2.66. The predicted octanol–water partition coefficient (Wildman–Crippen LogP) is 4.84. The smallest absolute Gasteiger partial charge is 0.0517 e. The Morgan fingerprint density at radius 1 is 1.11 bits per heavy atom. The second kappa shape index (κ2) is 5.85. The van der Waals surface area contributed by atoms with Crippen molar-refractivity contribution >= 4 is 37.5 Å². The van der Waals surface area contributed by atoms with Crippen LogP contribution in [0, 0.1) is 13.8 Å². The number of nitrogens with one attached hydrogen (secondary N) is 1. The maximum atomic E-state index is 4.16. The van der Waals surface area contributed by atoms with Crippen LogP contribution in [0.5, 0.6) is 0 Å². The number of hydrogen-bond acceptors (Lipinski definition) is 2. The van der Waals surface area contributed by atoms with Crippen LogP contribution in [0.25, 0.3) is 0 Å². The highest BCUT2D eigenvalue weighted by Crippen LogP contribution is 2.28. The van der Waals surface area contributed by atoms with E-state index in [2.05, 4.69) is 74.2 Å². The molecule has 1 aromatic carbocycles. The van der Waals surface area contributed by atoms with Crippen LogP contribution in [-0.2, 0) is 6.54 Å². The SMILES string of the molecule is Cc1cc(C)c(NCc2cncc(Br)c2)c(Br)c1. The van der Waals surface area contributed by atoms with Gasteiger partial charge in [-0.2, -0.15) is 0 Å². The molecule has 2 aromatic rings. The first kappa shape index (κ1) is 13.6. The maximum absolute atomic E-state index is 4.16. The van der Waals surface area contributed by atoms with Gasteiger partial charge in [-0.15, -0.1) is 0 Å². The molecule has 2 nitrogen and oxygen atoms in total. The minimum Gasteiger partial charge on any atom is -0.380 e. The van der Waals surface area contributed by atoms with Crippen LogP contribution >= 0.6 is 31.9 Å². The van der Waals surface area contributed by atoms with Crippen molar-refractivity contribution in [2.75, 3.05) is 5.32 Å². The van der Waals surface area contributed by atoms with E-state index >= 15 is 0 Å². The van der Waals surface area contributed by atoms with Crippen molar-refractivity contribution in [3.8, 4) is 0 Å². The quantitative estimate of drug-likeness (QED) is 0.837. The molecule has 0 fully saturated rings. The minimum atomic E-state index is 0.759. The van der Waals surface area contributed by atoms with Crippen LogP contribution in [-0.4, -0.2) is 4.98 Å². The summed E-state index contributed by atoms with van der Waals surface area (Å²) in [4.78, 5) is 4.16. The van der Waals surface area contributed by atoms with E-state index in [0.717, 1.165) is 26.7 Å². The van der Waals surface area contributed by atoms with Gasteiger partial charge in [-0.1, -0.05) is 6.07 Å². The Hall–Kier alpha value is -0.870. The zero-order valence-corrected chi connectivity index (χ0v) is 13.5. The fourth-order valence-electron chi connectivity index (χ4n) is 1.88. The van der Waals surface area contributed by atoms with Gasteiger partial charge in [0.2, 0.25) is 0 Å². The van der Waals surface area contributed by atoms with E-state index in [9.17, 15) is 0 Å². The molecule has 0 saturated heterocycles. The average Bonchev–Trinajstić information content (AvgIpc) is 2.27. The van der Waals surface area contributed by atoms with Crippen molar-refractivity contribution in [2.24, 2.45) is 0 Å². The molecule has 18 heavy (non-hydrogen) atoms. The Labute approximate surface area is 124 Å². The van der Waals surface area contributed by atoms with E-state index in [1.165, 1.54) is 11.1 Å². The first-order valence-corrected chi connectivity index (χ1v) is 7.25. The molecule has 0 bridgehead atoms. The molecule has 0 aliphatic rings. The van der Waals surface area contributed by atoms with Crippen LogP contribution in [0.15, 0.2) is 39.5 Å². The molecule has 94 valence electrons. The van der Waals surface area contributed by atoms with Gasteiger partial charge in [-0.25, -0.2) is 0 Å². The molecule has 0 aliphatic heterocycles. The van der Waals surface area contributed by atoms with E-state index < -0.39 is 0 Å². The number of benzene rings is 1. The van der Waals surface area contributed by atoms with Crippen LogP contribution in [0.2, 0.25) is 0 Å². The molecule has 1 heterocycles. The van der Waals surface area contributed by atoms with Crippen LogP contribution in [0.4, 0.5) is 5.69 Å². The van der Waals surface area contributed by atoms with Crippen molar-refractivity contribution in [3.63, 3.8) is 0 Å². The van der Waals surface area contributed by atoms with Crippen molar-refractivity contribution < 1.29 is 0 Å². The van der Waals surface area contributed by atoms with Crippen molar-refractivity contribution in [1.82, 2.24) is 4.98 Å². The number of aryl methyl sites for hydroxylation is 2. The van der Waals surface area contributed by atoms with E-state index in [0.29, 0.717) is 0 Å². The lowest BCUT2D eigenvalue weighted by Gasteiger charge is -2.13. The number of nitrogens with zero attached hydrogens (tertiary/aromatic N) is 1. The zero-order chi connectivity index (χ0) is 13.1. The van der Waals surface area contributed by atoms with Gasteiger partial charge in [-0.3, -0.25) is 4.98 Å². The van der Waals surface area contributed by atoms with Gasteiger partial charge in [0.1, 0.15) is 0 Å². The number of hydrogen-bond donors (Lipinski definition) is 1. The number of anilines is 1. The van der Waals surface area contributed by atoms with Crippen molar-refractivity contribution in [1.29, 1.82) is 0 Å². The van der Waals surface area contributed by atoms with E-state index in [-0.39, 0.29) is 0 Å². The molecule has 1 N–H and O–H groups in total. The summed E-state index contributed by atoms with van der Waals surface area (Å²) in [6.45, 7) is 4.97. The Balaban J connectivity index is 2.16. The molecule has 4 heteroatoms. The summed E-state index contributed by atoms with van der Waals surface area (Å²) in [5.74, 6) is 0. The Bertz CT molecular complexity index is 544. The number of halogens is 2. The standard InChI is InChI=1S/C14H14Br2N2/c1-9-3-10(2)14(13(16)4-9)18-7-11-5-12(15)8-17-6-11/h3-6,8,18H,7H2,1-2H3. The summed E-state index contributed by atoms with van der Waals surface area (Å²) in [6, 6.07) is 6.36. The summed E-state index contributed by atoms with van der Waals surface area (Å²) < 4.78 is 2.10. The average molecular weight is 370 g/mol. The Morgan fingerprint density at radius 2 is 1.89 bits per heavy atom. The van der Waals surface area contributed by atoms with Crippen LogP contribution in [0.3, 0.4) is 0 Å². The third kappa shape index (κ3) is 3.33. The number of aromatic nitrogens is 1. The molecular formula is C14H14Br2N2. The maximum Gasteiger partial charge on any atom is 0.0517 e. The first-order chi connectivity index (χ1) is 8.56. The van der Waals surface area contributed by atoms with E-state index in [4.69, 9.17) is 0 Å².